The van der Waals surface area contributed by atoms with Crippen molar-refractivity contribution < 1.29 is 23.9 Å². The van der Waals surface area contributed by atoms with Crippen LogP contribution in [0.5, 0.6) is 5.75 Å². The van der Waals surface area contributed by atoms with Crippen molar-refractivity contribution in [1.82, 2.24) is 5.32 Å². The van der Waals surface area contributed by atoms with Crippen molar-refractivity contribution in [2.75, 3.05) is 11.9 Å². The average molecular weight is 435 g/mol. The number of carbonyl (C=O) groups excluding carboxylic acids is 4. The van der Waals surface area contributed by atoms with Crippen LogP contribution >= 0.6 is 11.8 Å². The van der Waals surface area contributed by atoms with E-state index in [9.17, 15) is 19.2 Å². The number of hydrogen-bond donors (Lipinski definition) is 2. The molecule has 3 atom stereocenters. The molecule has 0 unspecified atom stereocenters. The van der Waals surface area contributed by atoms with Crippen molar-refractivity contribution in [2.45, 2.75) is 11.2 Å². The first-order valence-corrected chi connectivity index (χ1v) is 10.5. The Morgan fingerprint density at radius 3 is 2.48 bits per heavy atom. The van der Waals surface area contributed by atoms with Gasteiger partial charge in [-0.3, -0.25) is 14.4 Å². The van der Waals surface area contributed by atoms with Gasteiger partial charge in [-0.1, -0.05) is 30.0 Å². The van der Waals surface area contributed by atoms with E-state index in [2.05, 4.69) is 5.32 Å². The standard InChI is InChI=1S/C22H17N3O5S/c1-24-19(26)10-6-8-11(9-7-10)25-20(27)15-14-12-4-2-3-5-13(12)30-22(29)16(14)18(23)31-17(15)21(25)28/h2-9,14-15,17H,23H2,1H3,(H,24,26)/t14-,15+,17+/m0/s1. The van der Waals surface area contributed by atoms with Gasteiger partial charge >= 0.3 is 5.97 Å². The molecule has 0 aliphatic carbocycles. The molecule has 1 fully saturated rings. The smallest absolute Gasteiger partial charge is 0.342 e. The molecular weight excluding hydrogens is 418 g/mol. The fourth-order valence-electron chi connectivity index (χ4n) is 4.36. The third kappa shape index (κ3) is 2.77. The second kappa shape index (κ2) is 6.98. The number of thioether (sulfide) groups is 1. The van der Waals surface area contributed by atoms with E-state index < -0.39 is 34.9 Å². The number of ether oxygens (including phenoxy) is 1. The zero-order valence-corrected chi connectivity index (χ0v) is 17.1. The number of carbonyl (C=O) groups is 4. The van der Waals surface area contributed by atoms with Crippen molar-refractivity contribution in [3.05, 3.63) is 70.3 Å². The predicted octanol–water partition coefficient (Wildman–Crippen LogP) is 1.52. The molecule has 31 heavy (non-hydrogen) atoms. The largest absolute Gasteiger partial charge is 0.423 e. The first-order valence-electron chi connectivity index (χ1n) is 9.59. The third-order valence-corrected chi connectivity index (χ3v) is 7.00. The fourth-order valence-corrected chi connectivity index (χ4v) is 5.60. The van der Waals surface area contributed by atoms with Crippen LogP contribution in [0.3, 0.4) is 0 Å². The predicted molar refractivity (Wildman–Crippen MR) is 113 cm³/mol. The van der Waals surface area contributed by atoms with Gasteiger partial charge in [0.2, 0.25) is 11.8 Å². The second-order valence-corrected chi connectivity index (χ2v) is 8.57. The summed E-state index contributed by atoms with van der Waals surface area (Å²) in [4.78, 5) is 52.3. The van der Waals surface area contributed by atoms with E-state index in [4.69, 9.17) is 10.5 Å². The third-order valence-electron chi connectivity index (χ3n) is 5.78. The van der Waals surface area contributed by atoms with Gasteiger partial charge in [-0.05, 0) is 30.3 Å². The molecule has 3 amide bonds. The van der Waals surface area contributed by atoms with Crippen LogP contribution in [0.1, 0.15) is 21.8 Å². The normalized spacial score (nSPS) is 24.4. The van der Waals surface area contributed by atoms with E-state index in [1.54, 1.807) is 48.5 Å². The van der Waals surface area contributed by atoms with Crippen molar-refractivity contribution in [2.24, 2.45) is 11.7 Å². The molecule has 3 aliphatic rings. The Bertz CT molecular complexity index is 1190. The van der Waals surface area contributed by atoms with E-state index >= 15 is 0 Å². The number of fused-ring (bicyclic) bond motifs is 5. The van der Waals surface area contributed by atoms with E-state index in [1.807, 2.05) is 0 Å². The van der Waals surface area contributed by atoms with Crippen molar-refractivity contribution in [3.63, 3.8) is 0 Å². The fraction of sp³-hybridized carbons (Fsp3) is 0.182. The summed E-state index contributed by atoms with van der Waals surface area (Å²) in [7, 11) is 1.52. The minimum Gasteiger partial charge on any atom is -0.423 e. The molecule has 8 nitrogen and oxygen atoms in total. The van der Waals surface area contributed by atoms with E-state index in [0.29, 0.717) is 22.6 Å². The second-order valence-electron chi connectivity index (χ2n) is 7.39. The van der Waals surface area contributed by atoms with Crippen LogP contribution in [0.25, 0.3) is 0 Å². The number of nitrogens with one attached hydrogen (secondary N) is 1. The van der Waals surface area contributed by atoms with Gasteiger partial charge in [0, 0.05) is 24.1 Å². The Balaban J connectivity index is 1.58. The molecule has 0 radical (unpaired) electrons. The highest BCUT2D eigenvalue weighted by Gasteiger charge is 2.58. The molecule has 0 spiro atoms. The SMILES string of the molecule is CNC(=O)c1ccc(N2C(=O)[C@H]3[C@@H](SC(N)=C4C(=O)Oc5ccccc5[C@H]43)C2=O)cc1. The zero-order chi connectivity index (χ0) is 21.9. The lowest BCUT2D eigenvalue weighted by Crippen LogP contribution is -2.39. The summed E-state index contributed by atoms with van der Waals surface area (Å²) in [5.74, 6) is -2.74. The summed E-state index contributed by atoms with van der Waals surface area (Å²) in [6.45, 7) is 0. The maximum atomic E-state index is 13.5. The van der Waals surface area contributed by atoms with Gasteiger partial charge in [-0.2, -0.15) is 0 Å². The highest BCUT2D eigenvalue weighted by Crippen LogP contribution is 2.54. The number of imide groups is 1. The molecule has 9 heteroatoms. The Kier molecular flexibility index (Phi) is 4.37. The van der Waals surface area contributed by atoms with Gasteiger partial charge in [0.25, 0.3) is 5.91 Å². The number of amides is 3. The number of hydrogen-bond acceptors (Lipinski definition) is 7. The van der Waals surface area contributed by atoms with Crippen LogP contribution in [0.4, 0.5) is 5.69 Å². The molecule has 1 saturated heterocycles. The lowest BCUT2D eigenvalue weighted by atomic mass is 9.77. The maximum Gasteiger partial charge on any atom is 0.342 e. The molecule has 5 rings (SSSR count). The first kappa shape index (κ1) is 19.4. The summed E-state index contributed by atoms with van der Waals surface area (Å²) in [6.07, 6.45) is 0. The van der Waals surface area contributed by atoms with Crippen LogP contribution < -0.4 is 20.7 Å². The van der Waals surface area contributed by atoms with E-state index in [0.717, 1.165) is 16.7 Å². The molecule has 0 bridgehead atoms. The summed E-state index contributed by atoms with van der Waals surface area (Å²) < 4.78 is 5.40. The Hall–Kier alpha value is -3.59. The first-order chi connectivity index (χ1) is 14.9. The molecule has 3 N–H and O–H groups in total. The van der Waals surface area contributed by atoms with E-state index in [-0.39, 0.29) is 16.5 Å². The number of esters is 1. The average Bonchev–Trinajstić information content (AvgIpc) is 3.02. The van der Waals surface area contributed by atoms with Gasteiger partial charge in [0.15, 0.2) is 0 Å². The zero-order valence-electron chi connectivity index (χ0n) is 16.3. The number of nitrogens with zero attached hydrogens (tertiary/aromatic N) is 1. The Labute approximate surface area is 181 Å². The van der Waals surface area contributed by atoms with Gasteiger partial charge in [-0.15, -0.1) is 0 Å². The monoisotopic (exact) mass is 435 g/mol. The Morgan fingerprint density at radius 2 is 1.77 bits per heavy atom. The quantitative estimate of drug-likeness (QED) is 0.417. The molecule has 0 saturated carbocycles. The molecule has 0 aromatic heterocycles. The molecule has 3 aliphatic heterocycles. The number of nitrogens with two attached hydrogens (primary N) is 1. The summed E-state index contributed by atoms with van der Waals surface area (Å²) >= 11 is 1.02. The molecular formula is C22H17N3O5S. The number of para-hydroxylation sites is 1. The van der Waals surface area contributed by atoms with Crippen LogP contribution in [-0.4, -0.2) is 36.0 Å². The molecule has 2 aromatic carbocycles. The van der Waals surface area contributed by atoms with Crippen LogP contribution in [0.2, 0.25) is 0 Å². The summed E-state index contributed by atoms with van der Waals surface area (Å²) in [5, 5.41) is 1.97. The summed E-state index contributed by atoms with van der Waals surface area (Å²) in [5.41, 5.74) is 7.83. The maximum absolute atomic E-state index is 13.5. The van der Waals surface area contributed by atoms with E-state index in [1.165, 1.54) is 7.05 Å². The minimum atomic E-state index is -0.785. The number of rotatable bonds is 2. The lowest BCUT2D eigenvalue weighted by Gasteiger charge is -2.36. The van der Waals surface area contributed by atoms with Crippen molar-refractivity contribution in [1.29, 1.82) is 0 Å². The van der Waals surface area contributed by atoms with Gasteiger partial charge in [0.05, 0.1) is 22.2 Å². The van der Waals surface area contributed by atoms with Gasteiger partial charge in [0.1, 0.15) is 11.0 Å². The van der Waals surface area contributed by atoms with Gasteiger partial charge < -0.3 is 15.8 Å². The van der Waals surface area contributed by atoms with Crippen LogP contribution in [0.15, 0.2) is 59.1 Å². The van der Waals surface area contributed by atoms with Crippen molar-refractivity contribution in [3.8, 4) is 5.75 Å². The number of anilines is 1. The van der Waals surface area contributed by atoms with Crippen LogP contribution in [-0.2, 0) is 14.4 Å². The Morgan fingerprint density at radius 1 is 1.06 bits per heavy atom. The highest BCUT2D eigenvalue weighted by atomic mass is 32.2. The van der Waals surface area contributed by atoms with Gasteiger partial charge in [-0.25, -0.2) is 9.69 Å². The number of benzene rings is 2. The lowest BCUT2D eigenvalue weighted by molar-refractivity contribution is -0.131. The highest BCUT2D eigenvalue weighted by molar-refractivity contribution is 8.04. The van der Waals surface area contributed by atoms with Crippen molar-refractivity contribution >= 4 is 41.1 Å². The molecule has 156 valence electrons. The summed E-state index contributed by atoms with van der Waals surface area (Å²) in [6, 6.07) is 13.2. The topological polar surface area (TPSA) is 119 Å². The van der Waals surface area contributed by atoms with Crippen LogP contribution in [0, 0.1) is 5.92 Å². The molecule has 2 aromatic rings. The molecule has 3 heterocycles. The minimum absolute atomic E-state index is 0.198.